The van der Waals surface area contributed by atoms with Gasteiger partial charge in [-0.1, -0.05) is 32.3 Å². The van der Waals surface area contributed by atoms with Gasteiger partial charge >= 0.3 is 51.4 Å². The molecule has 0 aromatic rings. The van der Waals surface area contributed by atoms with Crippen LogP contribution in [-0.2, 0) is 0 Å². The summed E-state index contributed by atoms with van der Waals surface area (Å²) in [7, 11) is 0. The van der Waals surface area contributed by atoms with E-state index in [-0.39, 0.29) is 62.8 Å². The Labute approximate surface area is 125 Å². The van der Waals surface area contributed by atoms with Crippen LogP contribution < -0.4 is 56.5 Å². The molecule has 0 N–H and O–H groups in total. The van der Waals surface area contributed by atoms with Crippen LogP contribution in [-0.4, -0.2) is 17.4 Å². The number of hydrogen-bond donors (Lipinski definition) is 0. The average molecular weight is 209 g/mol. The van der Waals surface area contributed by atoms with Crippen molar-refractivity contribution in [3.8, 4) is 0 Å². The molecule has 1 atom stereocenters. The molecule has 0 heterocycles. The molecule has 2 nitrogen and oxygen atoms in total. The summed E-state index contributed by atoms with van der Waals surface area (Å²) in [6, 6.07) is 0. The van der Waals surface area contributed by atoms with E-state index >= 15 is 0 Å². The van der Waals surface area contributed by atoms with Crippen LogP contribution in [0.1, 0.15) is 41.5 Å². The monoisotopic (exact) mass is 209 g/mol. The molecule has 0 amide bonds. The van der Waals surface area contributed by atoms with Crippen LogP contribution in [0.4, 0.5) is 0 Å². The van der Waals surface area contributed by atoms with Crippen molar-refractivity contribution in [2.24, 2.45) is 10.9 Å². The SMILES string of the molecule is CC(C)C(C)([O-])/C=N/C(C)(C)C.[K+]. The van der Waals surface area contributed by atoms with Crippen molar-refractivity contribution in [2.75, 3.05) is 0 Å². The van der Waals surface area contributed by atoms with Crippen molar-refractivity contribution < 1.29 is 56.5 Å². The zero-order chi connectivity index (χ0) is 9.99. The second-order valence-electron chi connectivity index (χ2n) is 4.77. The largest absolute Gasteiger partial charge is 1.00 e. The van der Waals surface area contributed by atoms with Gasteiger partial charge in [0.15, 0.2) is 0 Å². The summed E-state index contributed by atoms with van der Waals surface area (Å²) in [6.45, 7) is 11.5. The molecule has 13 heavy (non-hydrogen) atoms. The van der Waals surface area contributed by atoms with E-state index in [2.05, 4.69) is 4.99 Å². The molecule has 0 aliphatic rings. The van der Waals surface area contributed by atoms with Gasteiger partial charge in [0.1, 0.15) is 0 Å². The van der Waals surface area contributed by atoms with E-state index < -0.39 is 5.60 Å². The minimum atomic E-state index is -1.03. The van der Waals surface area contributed by atoms with E-state index in [4.69, 9.17) is 0 Å². The third-order valence-electron chi connectivity index (χ3n) is 1.85. The van der Waals surface area contributed by atoms with Crippen LogP contribution in [0.15, 0.2) is 4.99 Å². The van der Waals surface area contributed by atoms with Crippen LogP contribution in [0.2, 0.25) is 0 Å². The minimum Gasteiger partial charge on any atom is -0.845 e. The summed E-state index contributed by atoms with van der Waals surface area (Å²) in [5, 5.41) is 11.7. The Morgan fingerprint density at radius 2 is 1.54 bits per heavy atom. The first-order valence-electron chi connectivity index (χ1n) is 4.42. The van der Waals surface area contributed by atoms with Gasteiger partial charge in [0, 0.05) is 0 Å². The van der Waals surface area contributed by atoms with Crippen LogP contribution in [0.25, 0.3) is 0 Å². The average Bonchev–Trinajstić information content (AvgIpc) is 1.82. The molecule has 0 saturated carbocycles. The van der Waals surface area contributed by atoms with Crippen LogP contribution in [0.5, 0.6) is 0 Å². The molecule has 72 valence electrons. The van der Waals surface area contributed by atoms with Gasteiger partial charge in [-0.15, -0.1) is 0 Å². The predicted octanol–water partition coefficient (Wildman–Crippen LogP) is -1.37. The summed E-state index contributed by atoms with van der Waals surface area (Å²) in [5.74, 6) is 0.0867. The summed E-state index contributed by atoms with van der Waals surface area (Å²) in [6.07, 6.45) is 1.54. The Kier molecular flexibility index (Phi) is 7.68. The number of rotatable bonds is 2. The molecule has 0 rings (SSSR count). The molecule has 3 heteroatoms. The Morgan fingerprint density at radius 1 is 1.15 bits per heavy atom. The molecule has 1 unspecified atom stereocenters. The molecule has 0 fully saturated rings. The number of nitrogens with zero attached hydrogens (tertiary/aromatic N) is 1. The Bertz CT molecular complexity index is 168. The maximum atomic E-state index is 11.7. The number of aliphatic imine (C=N–C) groups is 1. The van der Waals surface area contributed by atoms with Gasteiger partial charge in [-0.3, -0.25) is 4.99 Å². The smallest absolute Gasteiger partial charge is 0.845 e. The van der Waals surface area contributed by atoms with Crippen molar-refractivity contribution >= 4 is 6.21 Å². The second-order valence-corrected chi connectivity index (χ2v) is 4.77. The fourth-order valence-electron chi connectivity index (χ4n) is 0.471. The van der Waals surface area contributed by atoms with E-state index in [0.29, 0.717) is 0 Å². The first-order chi connectivity index (χ1) is 5.15. The van der Waals surface area contributed by atoms with Gasteiger partial charge in [-0.2, -0.15) is 0 Å². The summed E-state index contributed by atoms with van der Waals surface area (Å²) in [5.41, 5.74) is -1.17. The van der Waals surface area contributed by atoms with Gasteiger partial charge in [0.2, 0.25) is 0 Å². The van der Waals surface area contributed by atoms with Crippen LogP contribution in [0, 0.1) is 5.92 Å². The maximum absolute atomic E-state index is 11.7. The quantitative estimate of drug-likeness (QED) is 0.408. The standard InChI is InChI=1S/C10H20NO.K/c1-8(2)10(6,12)7-11-9(3,4)5;/h7-8H,1-6H3;/q-1;+1/b11-7+;. The molecule has 0 aromatic heterocycles. The molecule has 0 aliphatic carbocycles. The van der Waals surface area contributed by atoms with E-state index in [0.717, 1.165) is 0 Å². The topological polar surface area (TPSA) is 35.4 Å². The first-order valence-corrected chi connectivity index (χ1v) is 4.42. The van der Waals surface area contributed by atoms with Crippen molar-refractivity contribution in [2.45, 2.75) is 52.7 Å². The summed E-state index contributed by atoms with van der Waals surface area (Å²) < 4.78 is 0. The zero-order valence-corrected chi connectivity index (χ0v) is 13.1. The van der Waals surface area contributed by atoms with Gasteiger partial charge in [0.05, 0.1) is 5.54 Å². The molecule has 0 aromatic carbocycles. The van der Waals surface area contributed by atoms with E-state index in [1.54, 1.807) is 6.92 Å². The predicted molar refractivity (Wildman–Crippen MR) is 51.5 cm³/mol. The molecule has 0 bridgehead atoms. The summed E-state index contributed by atoms with van der Waals surface area (Å²) in [4.78, 5) is 4.21. The van der Waals surface area contributed by atoms with Gasteiger partial charge < -0.3 is 5.11 Å². The fraction of sp³-hybridized carbons (Fsp3) is 0.900. The van der Waals surface area contributed by atoms with Gasteiger partial charge in [-0.05, 0) is 27.0 Å². The second kappa shape index (κ2) is 5.98. The normalized spacial score (nSPS) is 17.2. The zero-order valence-electron chi connectivity index (χ0n) is 10.0. The molecule has 0 aliphatic heterocycles. The van der Waals surface area contributed by atoms with Crippen molar-refractivity contribution in [3.63, 3.8) is 0 Å². The van der Waals surface area contributed by atoms with Crippen molar-refractivity contribution in [1.82, 2.24) is 0 Å². The Morgan fingerprint density at radius 3 is 1.77 bits per heavy atom. The molecular formula is C10H20KNO. The van der Waals surface area contributed by atoms with E-state index in [1.807, 2.05) is 34.6 Å². The third-order valence-corrected chi connectivity index (χ3v) is 1.85. The Balaban J connectivity index is 0. The molecule has 0 radical (unpaired) electrons. The minimum absolute atomic E-state index is 0. The van der Waals surface area contributed by atoms with E-state index in [9.17, 15) is 5.11 Å². The summed E-state index contributed by atoms with van der Waals surface area (Å²) >= 11 is 0. The maximum Gasteiger partial charge on any atom is 1.00 e. The molecule has 0 spiro atoms. The first kappa shape index (κ1) is 16.7. The van der Waals surface area contributed by atoms with Gasteiger partial charge in [-0.25, -0.2) is 0 Å². The van der Waals surface area contributed by atoms with Gasteiger partial charge in [0.25, 0.3) is 0 Å². The van der Waals surface area contributed by atoms with Crippen molar-refractivity contribution in [3.05, 3.63) is 0 Å². The molecular weight excluding hydrogens is 189 g/mol. The van der Waals surface area contributed by atoms with Crippen LogP contribution in [0.3, 0.4) is 0 Å². The Hall–Kier alpha value is 1.27. The fourth-order valence-corrected chi connectivity index (χ4v) is 0.471. The molecule has 0 saturated heterocycles. The van der Waals surface area contributed by atoms with Crippen LogP contribution >= 0.6 is 0 Å². The van der Waals surface area contributed by atoms with Crippen molar-refractivity contribution in [1.29, 1.82) is 0 Å². The van der Waals surface area contributed by atoms with E-state index in [1.165, 1.54) is 6.21 Å². The third kappa shape index (κ3) is 8.27. The number of hydrogen-bond acceptors (Lipinski definition) is 2.